The molecule has 3 atom stereocenters. The van der Waals surface area contributed by atoms with E-state index in [4.69, 9.17) is 16.3 Å². The number of rotatable bonds is 9. The van der Waals surface area contributed by atoms with Gasteiger partial charge in [-0.15, -0.1) is 11.6 Å². The molecular formula is C14H20ClN3O6. The smallest absolute Gasteiger partial charge is 0.253 e. The van der Waals surface area contributed by atoms with Crippen molar-refractivity contribution in [1.82, 2.24) is 5.32 Å². The van der Waals surface area contributed by atoms with Crippen molar-refractivity contribution in [2.75, 3.05) is 42.8 Å². The van der Waals surface area contributed by atoms with Gasteiger partial charge < -0.3 is 30.9 Å². The van der Waals surface area contributed by atoms with Gasteiger partial charge in [0.1, 0.15) is 35.6 Å². The molecule has 0 saturated carbocycles. The number of halogens is 1. The predicted molar refractivity (Wildman–Crippen MR) is 88.4 cm³/mol. The fourth-order valence-electron chi connectivity index (χ4n) is 2.36. The molecule has 0 aromatic heterocycles. The lowest BCUT2D eigenvalue weighted by Gasteiger charge is -2.19. The molecule has 5 N–H and O–H groups in total. The Morgan fingerprint density at radius 3 is 2.42 bits per heavy atom. The van der Waals surface area contributed by atoms with E-state index in [-0.39, 0.29) is 36.3 Å². The summed E-state index contributed by atoms with van der Waals surface area (Å²) in [5, 5.41) is 27.3. The summed E-state index contributed by atoms with van der Waals surface area (Å²) >= 11 is 5.34. The molecule has 0 unspecified atom stereocenters. The van der Waals surface area contributed by atoms with Gasteiger partial charge in [0.2, 0.25) is 5.91 Å². The summed E-state index contributed by atoms with van der Waals surface area (Å²) in [7, 11) is 0. The molecule has 0 spiro atoms. The minimum Gasteiger partial charge on any atom is -0.388 e. The minimum atomic E-state index is -1.04. The first-order valence-corrected chi connectivity index (χ1v) is 8.10. The molecule has 1 heterocycles. The Labute approximate surface area is 142 Å². The summed E-state index contributed by atoms with van der Waals surface area (Å²) in [6.45, 7) is 0.919. The second-order valence-electron chi connectivity index (χ2n) is 5.48. The third kappa shape index (κ3) is 4.23. The summed E-state index contributed by atoms with van der Waals surface area (Å²) in [5.74, 6) is -0.380. The van der Waals surface area contributed by atoms with Crippen LogP contribution in [0.25, 0.3) is 0 Å². The molecule has 9 nitrogen and oxygen atoms in total. The minimum absolute atomic E-state index is 0.0264. The third-order valence-corrected chi connectivity index (χ3v) is 3.99. The molecule has 1 aliphatic heterocycles. The van der Waals surface area contributed by atoms with Crippen molar-refractivity contribution in [3.05, 3.63) is 20.4 Å². The van der Waals surface area contributed by atoms with Gasteiger partial charge in [0.25, 0.3) is 10.9 Å². The molecule has 1 amide bonds. The molecular weight excluding hydrogens is 342 g/mol. The molecule has 1 aromatic carbocycles. The van der Waals surface area contributed by atoms with Gasteiger partial charge in [-0.1, -0.05) is 0 Å². The molecule has 0 radical (unpaired) electrons. The van der Waals surface area contributed by atoms with Crippen molar-refractivity contribution in [2.24, 2.45) is 0 Å². The van der Waals surface area contributed by atoms with Gasteiger partial charge in [-0.3, -0.25) is 14.4 Å². The Morgan fingerprint density at radius 2 is 1.83 bits per heavy atom. The molecule has 134 valence electrons. The van der Waals surface area contributed by atoms with Crippen molar-refractivity contribution in [3.63, 3.8) is 0 Å². The lowest BCUT2D eigenvalue weighted by Crippen LogP contribution is -2.41. The number of carbonyl (C=O) groups excluding carboxylic acids is 1. The number of nitrogens with one attached hydrogen (secondary N) is 3. The molecule has 1 aliphatic rings. The van der Waals surface area contributed by atoms with E-state index in [1.165, 1.54) is 0 Å². The van der Waals surface area contributed by atoms with Gasteiger partial charge >= 0.3 is 0 Å². The first kappa shape index (κ1) is 18.7. The van der Waals surface area contributed by atoms with Crippen molar-refractivity contribution < 1.29 is 19.7 Å². The number of aliphatic hydroxyl groups excluding tert-OH is 2. The van der Waals surface area contributed by atoms with Crippen LogP contribution in [0.5, 0.6) is 0 Å². The lowest BCUT2D eigenvalue weighted by atomic mass is 10.1. The Kier molecular flexibility index (Phi) is 6.55. The van der Waals surface area contributed by atoms with E-state index in [0.29, 0.717) is 19.5 Å². The topological polar surface area (TPSA) is 137 Å². The molecule has 0 bridgehead atoms. The van der Waals surface area contributed by atoms with Gasteiger partial charge in [0, 0.05) is 19.6 Å². The lowest BCUT2D eigenvalue weighted by molar-refractivity contribution is -0.118. The number of hydrogen-bond donors (Lipinski definition) is 5. The van der Waals surface area contributed by atoms with E-state index in [0.717, 1.165) is 0 Å². The first-order valence-electron chi connectivity index (χ1n) is 7.57. The summed E-state index contributed by atoms with van der Waals surface area (Å²) in [5.41, 5.74) is -0.935. The van der Waals surface area contributed by atoms with Crippen LogP contribution in [0.15, 0.2) is 9.59 Å². The van der Waals surface area contributed by atoms with E-state index in [1.54, 1.807) is 0 Å². The Hall–Kier alpha value is -1.68. The zero-order chi connectivity index (χ0) is 17.7. The number of amides is 1. The normalized spacial score (nSPS) is 23.4. The van der Waals surface area contributed by atoms with Crippen molar-refractivity contribution in [1.29, 1.82) is 0 Å². The van der Waals surface area contributed by atoms with Gasteiger partial charge in [-0.05, 0) is 6.42 Å². The van der Waals surface area contributed by atoms with E-state index >= 15 is 0 Å². The number of alkyl halides is 1. The molecule has 10 heteroatoms. The SMILES string of the molecule is O=C(CCl)NCCCNc1c(NC[C@H]2OC[C@H](O)[C@@H]2O)c(=O)c1=O. The first-order chi connectivity index (χ1) is 11.5. The predicted octanol–water partition coefficient (Wildman–Crippen LogP) is -2.03. The fraction of sp³-hybridized carbons (Fsp3) is 0.643. The standard InChI is InChI=1S/C14H20ClN3O6/c15-4-9(20)16-2-1-3-17-10-11(14(23)13(10)22)18-5-8-12(21)7(19)6-24-8/h7-8,12,17-19,21H,1-6H2,(H,16,20)/t7-,8+,12-/m0/s1. The number of anilines is 2. The van der Waals surface area contributed by atoms with Crippen molar-refractivity contribution in [3.8, 4) is 0 Å². The third-order valence-electron chi connectivity index (χ3n) is 3.75. The van der Waals surface area contributed by atoms with E-state index in [9.17, 15) is 24.6 Å². The molecule has 2 rings (SSSR count). The van der Waals surface area contributed by atoms with Gasteiger partial charge in [0.05, 0.1) is 6.61 Å². The highest BCUT2D eigenvalue weighted by molar-refractivity contribution is 6.27. The molecule has 1 saturated heterocycles. The average molecular weight is 362 g/mol. The molecule has 1 aromatic rings. The number of aliphatic hydroxyl groups is 2. The van der Waals surface area contributed by atoms with Crippen LogP contribution >= 0.6 is 11.6 Å². The number of ether oxygens (including phenoxy) is 1. The summed E-state index contributed by atoms with van der Waals surface area (Å²) < 4.78 is 5.19. The maximum Gasteiger partial charge on any atom is 0.253 e. The molecule has 0 aliphatic carbocycles. The zero-order valence-electron chi connectivity index (χ0n) is 12.9. The zero-order valence-corrected chi connectivity index (χ0v) is 13.6. The highest BCUT2D eigenvalue weighted by Crippen LogP contribution is 2.18. The van der Waals surface area contributed by atoms with Crippen molar-refractivity contribution >= 4 is 28.9 Å². The summed E-state index contributed by atoms with van der Waals surface area (Å²) in [4.78, 5) is 34.1. The van der Waals surface area contributed by atoms with E-state index in [1.807, 2.05) is 0 Å². The summed E-state index contributed by atoms with van der Waals surface area (Å²) in [6.07, 6.45) is -2.09. The van der Waals surface area contributed by atoms with Crippen LogP contribution in [0.2, 0.25) is 0 Å². The van der Waals surface area contributed by atoms with Crippen LogP contribution in [0.4, 0.5) is 11.4 Å². The van der Waals surface area contributed by atoms with Crippen LogP contribution in [-0.2, 0) is 9.53 Å². The van der Waals surface area contributed by atoms with Gasteiger partial charge in [-0.2, -0.15) is 0 Å². The maximum atomic E-state index is 11.6. The largest absolute Gasteiger partial charge is 0.388 e. The molecule has 24 heavy (non-hydrogen) atoms. The maximum absolute atomic E-state index is 11.6. The van der Waals surface area contributed by atoms with Gasteiger partial charge in [0.15, 0.2) is 0 Å². The highest BCUT2D eigenvalue weighted by atomic mass is 35.5. The van der Waals surface area contributed by atoms with Crippen LogP contribution < -0.4 is 26.8 Å². The van der Waals surface area contributed by atoms with E-state index < -0.39 is 29.2 Å². The quantitative estimate of drug-likeness (QED) is 0.193. The molecule has 1 fully saturated rings. The Bertz CT molecular complexity index is 645. The monoisotopic (exact) mass is 361 g/mol. The van der Waals surface area contributed by atoms with Crippen LogP contribution in [0, 0.1) is 0 Å². The second-order valence-corrected chi connectivity index (χ2v) is 5.75. The van der Waals surface area contributed by atoms with E-state index in [2.05, 4.69) is 16.0 Å². The second kappa shape index (κ2) is 8.43. The van der Waals surface area contributed by atoms with Crippen LogP contribution in [0.1, 0.15) is 6.42 Å². The Morgan fingerprint density at radius 1 is 1.17 bits per heavy atom. The number of carbonyl (C=O) groups is 1. The fourth-order valence-corrected chi connectivity index (χ4v) is 2.45. The van der Waals surface area contributed by atoms with Gasteiger partial charge in [-0.25, -0.2) is 0 Å². The number of hydrogen-bond acceptors (Lipinski definition) is 8. The Balaban J connectivity index is 1.78. The van der Waals surface area contributed by atoms with Crippen LogP contribution in [0.3, 0.4) is 0 Å². The summed E-state index contributed by atoms with van der Waals surface area (Å²) in [6, 6.07) is 0. The van der Waals surface area contributed by atoms with Crippen LogP contribution in [-0.4, -0.2) is 66.6 Å². The van der Waals surface area contributed by atoms with Crippen molar-refractivity contribution in [2.45, 2.75) is 24.7 Å². The highest BCUT2D eigenvalue weighted by Gasteiger charge is 2.35. The average Bonchev–Trinajstić information content (AvgIpc) is 2.90.